The van der Waals surface area contributed by atoms with E-state index in [9.17, 15) is 13.2 Å². The standard InChI is InChI=1S/C19H22N2O5S/c1-13(2)21-27(23,24)16-6-4-15(5-7-16)19(22)20-10-9-14-3-8-17-18(11-14)26-12-25-17/h3-8,11,13,21H,9-10,12H2,1-2H3,(H,20,22). The van der Waals surface area contributed by atoms with Crippen molar-refractivity contribution in [1.82, 2.24) is 10.0 Å². The summed E-state index contributed by atoms with van der Waals surface area (Å²) in [5, 5.41) is 2.83. The molecule has 2 aromatic carbocycles. The number of hydrogen-bond acceptors (Lipinski definition) is 5. The fraction of sp³-hybridized carbons (Fsp3) is 0.316. The first-order valence-electron chi connectivity index (χ1n) is 8.64. The molecule has 1 amide bonds. The van der Waals surface area contributed by atoms with Crippen molar-refractivity contribution in [3.8, 4) is 11.5 Å². The molecule has 0 unspecified atom stereocenters. The molecule has 0 fully saturated rings. The summed E-state index contributed by atoms with van der Waals surface area (Å²) in [6.07, 6.45) is 0.646. The maximum atomic E-state index is 12.2. The van der Waals surface area contributed by atoms with E-state index < -0.39 is 10.0 Å². The van der Waals surface area contributed by atoms with E-state index in [1.165, 1.54) is 24.3 Å². The quantitative estimate of drug-likeness (QED) is 0.755. The van der Waals surface area contributed by atoms with E-state index in [2.05, 4.69) is 10.0 Å². The van der Waals surface area contributed by atoms with Gasteiger partial charge in [0.15, 0.2) is 11.5 Å². The predicted molar refractivity (Wildman–Crippen MR) is 101 cm³/mol. The molecule has 27 heavy (non-hydrogen) atoms. The lowest BCUT2D eigenvalue weighted by Crippen LogP contribution is -2.30. The monoisotopic (exact) mass is 390 g/mol. The second-order valence-electron chi connectivity index (χ2n) is 6.49. The van der Waals surface area contributed by atoms with Crippen LogP contribution in [0.3, 0.4) is 0 Å². The highest BCUT2D eigenvalue weighted by Gasteiger charge is 2.16. The number of ether oxygens (including phenoxy) is 2. The van der Waals surface area contributed by atoms with Crippen molar-refractivity contribution >= 4 is 15.9 Å². The normalized spacial score (nSPS) is 13.0. The summed E-state index contributed by atoms with van der Waals surface area (Å²) in [6, 6.07) is 11.3. The van der Waals surface area contributed by atoms with Gasteiger partial charge in [-0.2, -0.15) is 0 Å². The van der Waals surface area contributed by atoms with Gasteiger partial charge in [-0.3, -0.25) is 4.79 Å². The molecular formula is C19H22N2O5S. The fourth-order valence-corrected chi connectivity index (χ4v) is 3.93. The van der Waals surface area contributed by atoms with Crippen molar-refractivity contribution in [1.29, 1.82) is 0 Å². The van der Waals surface area contributed by atoms with Crippen LogP contribution < -0.4 is 19.5 Å². The van der Waals surface area contributed by atoms with Crippen LogP contribution in [-0.4, -0.2) is 33.7 Å². The van der Waals surface area contributed by atoms with E-state index in [-0.39, 0.29) is 23.6 Å². The Balaban J connectivity index is 1.55. The Morgan fingerprint density at radius 3 is 2.48 bits per heavy atom. The molecule has 0 spiro atoms. The topological polar surface area (TPSA) is 93.7 Å². The average Bonchev–Trinajstić information content (AvgIpc) is 3.08. The molecule has 144 valence electrons. The van der Waals surface area contributed by atoms with E-state index in [0.29, 0.717) is 24.3 Å². The third-order valence-corrected chi connectivity index (χ3v) is 5.63. The van der Waals surface area contributed by atoms with Crippen molar-refractivity contribution < 1.29 is 22.7 Å². The minimum atomic E-state index is -3.56. The summed E-state index contributed by atoms with van der Waals surface area (Å²) in [5.41, 5.74) is 1.44. The fourth-order valence-electron chi connectivity index (χ4n) is 2.68. The summed E-state index contributed by atoms with van der Waals surface area (Å²) in [5.74, 6) is 1.19. The van der Waals surface area contributed by atoms with E-state index in [1.807, 2.05) is 18.2 Å². The van der Waals surface area contributed by atoms with Crippen LogP contribution >= 0.6 is 0 Å². The molecule has 1 aliphatic rings. The molecule has 0 aliphatic carbocycles. The summed E-state index contributed by atoms with van der Waals surface area (Å²) in [4.78, 5) is 12.4. The van der Waals surface area contributed by atoms with Crippen LogP contribution in [0.2, 0.25) is 0 Å². The van der Waals surface area contributed by atoms with Gasteiger partial charge in [-0.25, -0.2) is 13.1 Å². The Morgan fingerprint density at radius 2 is 1.78 bits per heavy atom. The average molecular weight is 390 g/mol. The van der Waals surface area contributed by atoms with Gasteiger partial charge in [0, 0.05) is 18.2 Å². The van der Waals surface area contributed by atoms with Crippen molar-refractivity contribution in [2.75, 3.05) is 13.3 Å². The van der Waals surface area contributed by atoms with Crippen molar-refractivity contribution in [3.63, 3.8) is 0 Å². The number of benzene rings is 2. The van der Waals surface area contributed by atoms with Crippen molar-refractivity contribution in [2.24, 2.45) is 0 Å². The van der Waals surface area contributed by atoms with E-state index >= 15 is 0 Å². The third-order valence-electron chi connectivity index (χ3n) is 3.95. The van der Waals surface area contributed by atoms with Gasteiger partial charge in [0.2, 0.25) is 16.8 Å². The number of fused-ring (bicyclic) bond motifs is 1. The molecule has 2 N–H and O–H groups in total. The van der Waals surface area contributed by atoms with Crippen LogP contribution in [0.5, 0.6) is 11.5 Å². The smallest absolute Gasteiger partial charge is 0.251 e. The predicted octanol–water partition coefficient (Wildman–Crippen LogP) is 2.07. The Hall–Kier alpha value is -2.58. The van der Waals surface area contributed by atoms with Gasteiger partial charge in [-0.15, -0.1) is 0 Å². The largest absolute Gasteiger partial charge is 0.454 e. The molecule has 8 heteroatoms. The SMILES string of the molecule is CC(C)NS(=O)(=O)c1ccc(C(=O)NCCc2ccc3c(c2)OCO3)cc1. The van der Waals surface area contributed by atoms with Gasteiger partial charge in [0.05, 0.1) is 4.90 Å². The summed E-state index contributed by atoms with van der Waals surface area (Å²) in [6.45, 7) is 4.18. The van der Waals surface area contributed by atoms with Gasteiger partial charge < -0.3 is 14.8 Å². The molecule has 7 nitrogen and oxygen atoms in total. The lowest BCUT2D eigenvalue weighted by molar-refractivity contribution is 0.0954. The Morgan fingerprint density at radius 1 is 1.07 bits per heavy atom. The van der Waals surface area contributed by atoms with E-state index in [4.69, 9.17) is 9.47 Å². The van der Waals surface area contributed by atoms with Gasteiger partial charge in [-0.1, -0.05) is 6.07 Å². The van der Waals surface area contributed by atoms with Crippen molar-refractivity contribution in [2.45, 2.75) is 31.2 Å². The minimum Gasteiger partial charge on any atom is -0.454 e. The zero-order chi connectivity index (χ0) is 19.4. The Kier molecular flexibility index (Phi) is 5.67. The molecule has 1 aliphatic heterocycles. The number of nitrogens with one attached hydrogen (secondary N) is 2. The molecular weight excluding hydrogens is 368 g/mol. The van der Waals surface area contributed by atoms with Crippen LogP contribution in [0.4, 0.5) is 0 Å². The zero-order valence-electron chi connectivity index (χ0n) is 15.2. The van der Waals surface area contributed by atoms with Crippen LogP contribution in [0, 0.1) is 0 Å². The van der Waals surface area contributed by atoms with Crippen LogP contribution in [0.1, 0.15) is 29.8 Å². The lowest BCUT2D eigenvalue weighted by atomic mass is 10.1. The summed E-state index contributed by atoms with van der Waals surface area (Å²) >= 11 is 0. The third kappa shape index (κ3) is 4.78. The maximum absolute atomic E-state index is 12.2. The number of rotatable bonds is 7. The van der Waals surface area contributed by atoms with Crippen LogP contribution in [0.25, 0.3) is 0 Å². The van der Waals surface area contributed by atoms with Crippen LogP contribution in [-0.2, 0) is 16.4 Å². The molecule has 0 saturated carbocycles. The molecule has 0 aromatic heterocycles. The van der Waals surface area contributed by atoms with E-state index in [1.54, 1.807) is 13.8 Å². The second kappa shape index (κ2) is 7.98. The molecule has 0 bridgehead atoms. The molecule has 0 saturated heterocycles. The number of amides is 1. The summed E-state index contributed by atoms with van der Waals surface area (Å²) in [7, 11) is -3.56. The number of hydrogen-bond donors (Lipinski definition) is 2. The maximum Gasteiger partial charge on any atom is 0.251 e. The zero-order valence-corrected chi connectivity index (χ0v) is 16.0. The molecule has 0 atom stereocenters. The first kappa shape index (κ1) is 19.2. The van der Waals surface area contributed by atoms with Gasteiger partial charge in [-0.05, 0) is 62.2 Å². The van der Waals surface area contributed by atoms with Crippen LogP contribution in [0.15, 0.2) is 47.4 Å². The Labute approximate surface area is 158 Å². The molecule has 1 heterocycles. The summed E-state index contributed by atoms with van der Waals surface area (Å²) < 4.78 is 37.3. The first-order valence-corrected chi connectivity index (χ1v) is 10.1. The highest BCUT2D eigenvalue weighted by molar-refractivity contribution is 7.89. The molecule has 2 aromatic rings. The number of sulfonamides is 1. The Bertz CT molecular complexity index is 924. The highest BCUT2D eigenvalue weighted by Crippen LogP contribution is 2.32. The molecule has 0 radical (unpaired) electrons. The highest BCUT2D eigenvalue weighted by atomic mass is 32.2. The lowest BCUT2D eigenvalue weighted by Gasteiger charge is -2.10. The minimum absolute atomic E-state index is 0.133. The van der Waals surface area contributed by atoms with E-state index in [0.717, 1.165) is 11.3 Å². The second-order valence-corrected chi connectivity index (χ2v) is 8.21. The number of carbonyl (C=O) groups excluding carboxylic acids is 1. The molecule has 3 rings (SSSR count). The van der Waals surface area contributed by atoms with Crippen molar-refractivity contribution in [3.05, 3.63) is 53.6 Å². The van der Waals surface area contributed by atoms with Gasteiger partial charge >= 0.3 is 0 Å². The first-order chi connectivity index (χ1) is 12.8. The van der Waals surface area contributed by atoms with Gasteiger partial charge in [0.25, 0.3) is 5.91 Å². The van der Waals surface area contributed by atoms with Gasteiger partial charge in [0.1, 0.15) is 0 Å². The number of carbonyl (C=O) groups is 1.